The van der Waals surface area contributed by atoms with Crippen molar-refractivity contribution in [3.8, 4) is 0 Å². The van der Waals surface area contributed by atoms with Gasteiger partial charge in [-0.15, -0.1) is 0 Å². The van der Waals surface area contributed by atoms with E-state index in [2.05, 4.69) is 0 Å². The lowest BCUT2D eigenvalue weighted by atomic mass is 9.85. The number of halogens is 6. The van der Waals surface area contributed by atoms with Crippen LogP contribution in [0.5, 0.6) is 0 Å². The van der Waals surface area contributed by atoms with Crippen LogP contribution in [-0.4, -0.2) is 36.2 Å². The van der Waals surface area contributed by atoms with E-state index in [1.54, 1.807) is 0 Å². The SMILES string of the molecule is Nc1ccccc1C(=O)N1CCC(C(F)(F)F)(C(F)(F)F)C1. The molecule has 1 saturated heterocycles. The summed E-state index contributed by atoms with van der Waals surface area (Å²) < 4.78 is 77.7. The fourth-order valence-electron chi connectivity index (χ4n) is 2.47. The summed E-state index contributed by atoms with van der Waals surface area (Å²) in [5.74, 6) is -0.937. The van der Waals surface area contributed by atoms with E-state index in [1.165, 1.54) is 24.3 Å². The number of benzene rings is 1. The Morgan fingerprint density at radius 1 is 1.09 bits per heavy atom. The minimum Gasteiger partial charge on any atom is -0.398 e. The molecule has 1 fully saturated rings. The zero-order valence-corrected chi connectivity index (χ0v) is 11.1. The maximum atomic E-state index is 12.9. The number of hydrogen-bond donors (Lipinski definition) is 1. The molecular formula is C13H12F6N2O. The molecule has 9 heteroatoms. The lowest BCUT2D eigenvalue weighted by Crippen LogP contribution is -2.52. The smallest absolute Gasteiger partial charge is 0.398 e. The average Bonchev–Trinajstić information content (AvgIpc) is 2.84. The summed E-state index contributed by atoms with van der Waals surface area (Å²) in [5.41, 5.74) is 1.54. The van der Waals surface area contributed by atoms with Crippen molar-refractivity contribution < 1.29 is 31.1 Å². The first-order valence-corrected chi connectivity index (χ1v) is 6.27. The summed E-state index contributed by atoms with van der Waals surface area (Å²) in [7, 11) is 0. The van der Waals surface area contributed by atoms with E-state index in [-0.39, 0.29) is 11.3 Å². The zero-order valence-electron chi connectivity index (χ0n) is 11.1. The predicted octanol–water partition coefficient (Wildman–Crippen LogP) is 3.23. The first-order valence-electron chi connectivity index (χ1n) is 6.27. The Morgan fingerprint density at radius 3 is 2.09 bits per heavy atom. The predicted molar refractivity (Wildman–Crippen MR) is 65.9 cm³/mol. The van der Waals surface area contributed by atoms with Crippen molar-refractivity contribution in [2.24, 2.45) is 5.41 Å². The molecule has 1 aromatic rings. The normalized spacial score (nSPS) is 18.5. The molecule has 1 heterocycles. The summed E-state index contributed by atoms with van der Waals surface area (Å²) in [6.07, 6.45) is -12.2. The van der Waals surface area contributed by atoms with Crippen molar-refractivity contribution in [1.82, 2.24) is 4.90 Å². The van der Waals surface area contributed by atoms with Crippen molar-refractivity contribution in [3.05, 3.63) is 29.8 Å². The van der Waals surface area contributed by atoms with Crippen molar-refractivity contribution in [2.45, 2.75) is 18.8 Å². The Hall–Kier alpha value is -1.93. The van der Waals surface area contributed by atoms with Gasteiger partial charge in [0, 0.05) is 18.8 Å². The molecule has 0 atom stereocenters. The van der Waals surface area contributed by atoms with Gasteiger partial charge in [-0.1, -0.05) is 12.1 Å². The van der Waals surface area contributed by atoms with Crippen LogP contribution in [-0.2, 0) is 0 Å². The molecule has 0 aliphatic carbocycles. The number of likely N-dealkylation sites (tertiary alicyclic amines) is 1. The fraction of sp³-hybridized carbons (Fsp3) is 0.462. The van der Waals surface area contributed by atoms with Gasteiger partial charge in [0.15, 0.2) is 5.41 Å². The molecule has 0 unspecified atom stereocenters. The fourth-order valence-corrected chi connectivity index (χ4v) is 2.47. The van der Waals surface area contributed by atoms with Crippen LogP contribution in [0.3, 0.4) is 0 Å². The zero-order chi connectivity index (χ0) is 16.8. The van der Waals surface area contributed by atoms with Gasteiger partial charge in [-0.25, -0.2) is 0 Å². The van der Waals surface area contributed by atoms with Gasteiger partial charge in [-0.3, -0.25) is 4.79 Å². The monoisotopic (exact) mass is 326 g/mol. The van der Waals surface area contributed by atoms with E-state index in [1.807, 2.05) is 0 Å². The molecule has 2 rings (SSSR count). The van der Waals surface area contributed by atoms with E-state index in [9.17, 15) is 31.1 Å². The molecular weight excluding hydrogens is 314 g/mol. The first kappa shape index (κ1) is 16.4. The van der Waals surface area contributed by atoms with Crippen LogP contribution in [0.2, 0.25) is 0 Å². The molecule has 122 valence electrons. The first-order chi connectivity index (χ1) is 9.99. The third-order valence-corrected chi connectivity index (χ3v) is 3.83. The molecule has 3 nitrogen and oxygen atoms in total. The van der Waals surface area contributed by atoms with Crippen LogP contribution in [0.4, 0.5) is 32.0 Å². The van der Waals surface area contributed by atoms with Crippen molar-refractivity contribution in [3.63, 3.8) is 0 Å². The average molecular weight is 326 g/mol. The number of amides is 1. The standard InChI is InChI=1S/C13H12F6N2O/c14-12(15,16)11(13(17,18)19)5-6-21(7-11)10(22)8-3-1-2-4-9(8)20/h1-4H,5-7,20H2. The van der Waals surface area contributed by atoms with Crippen LogP contribution in [0.25, 0.3) is 0 Å². The number of anilines is 1. The van der Waals surface area contributed by atoms with Crippen LogP contribution >= 0.6 is 0 Å². The van der Waals surface area contributed by atoms with Crippen LogP contribution in [0.1, 0.15) is 16.8 Å². The summed E-state index contributed by atoms with van der Waals surface area (Å²) in [4.78, 5) is 12.7. The van der Waals surface area contributed by atoms with Gasteiger partial charge in [0.2, 0.25) is 0 Å². The number of hydrogen-bond acceptors (Lipinski definition) is 2. The maximum absolute atomic E-state index is 12.9. The van der Waals surface area contributed by atoms with Crippen molar-refractivity contribution in [2.75, 3.05) is 18.8 Å². The van der Waals surface area contributed by atoms with Gasteiger partial charge in [-0.2, -0.15) is 26.3 Å². The van der Waals surface area contributed by atoms with Gasteiger partial charge in [0.1, 0.15) is 0 Å². The highest BCUT2D eigenvalue weighted by atomic mass is 19.4. The summed E-state index contributed by atoms with van der Waals surface area (Å²) in [6.45, 7) is -2.08. The van der Waals surface area contributed by atoms with Gasteiger partial charge in [-0.05, 0) is 18.6 Å². The Bertz CT molecular complexity index is 567. The number of nitrogens with two attached hydrogens (primary N) is 1. The van der Waals surface area contributed by atoms with Gasteiger partial charge in [0.05, 0.1) is 5.56 Å². The number of rotatable bonds is 1. The topological polar surface area (TPSA) is 46.3 Å². The molecule has 1 aliphatic rings. The third kappa shape index (κ3) is 2.48. The van der Waals surface area contributed by atoms with Gasteiger partial charge >= 0.3 is 12.4 Å². The molecule has 0 bridgehead atoms. The van der Waals surface area contributed by atoms with E-state index in [0.29, 0.717) is 4.90 Å². The number of nitrogen functional groups attached to an aromatic ring is 1. The molecule has 0 aromatic heterocycles. The number of carbonyl (C=O) groups excluding carboxylic acids is 1. The molecule has 2 N–H and O–H groups in total. The second-order valence-electron chi connectivity index (χ2n) is 5.14. The van der Waals surface area contributed by atoms with Crippen LogP contribution < -0.4 is 5.73 Å². The molecule has 1 aliphatic heterocycles. The quantitative estimate of drug-likeness (QED) is 0.636. The van der Waals surface area contributed by atoms with Crippen LogP contribution in [0.15, 0.2) is 24.3 Å². The van der Waals surface area contributed by atoms with E-state index < -0.39 is 43.2 Å². The van der Waals surface area contributed by atoms with E-state index >= 15 is 0 Å². The lowest BCUT2D eigenvalue weighted by molar-refractivity contribution is -0.334. The highest BCUT2D eigenvalue weighted by molar-refractivity contribution is 5.99. The Morgan fingerprint density at radius 2 is 1.64 bits per heavy atom. The molecule has 22 heavy (non-hydrogen) atoms. The number of para-hydroxylation sites is 1. The summed E-state index contributed by atoms with van der Waals surface area (Å²) in [6, 6.07) is 5.55. The second kappa shape index (κ2) is 5.06. The summed E-state index contributed by atoms with van der Waals surface area (Å²) in [5, 5.41) is 0. The number of alkyl halides is 6. The highest BCUT2D eigenvalue weighted by Gasteiger charge is 2.72. The molecule has 1 aromatic carbocycles. The Labute approximate surface area is 121 Å². The van der Waals surface area contributed by atoms with Crippen LogP contribution in [0, 0.1) is 5.41 Å². The minimum absolute atomic E-state index is 0.00372. The molecule has 0 radical (unpaired) electrons. The second-order valence-corrected chi connectivity index (χ2v) is 5.14. The minimum atomic E-state index is -5.48. The van der Waals surface area contributed by atoms with Crippen molar-refractivity contribution in [1.29, 1.82) is 0 Å². The summed E-state index contributed by atoms with van der Waals surface area (Å²) >= 11 is 0. The lowest BCUT2D eigenvalue weighted by Gasteiger charge is -2.33. The molecule has 0 spiro atoms. The van der Waals surface area contributed by atoms with Gasteiger partial charge in [0.25, 0.3) is 5.91 Å². The third-order valence-electron chi connectivity index (χ3n) is 3.83. The van der Waals surface area contributed by atoms with Gasteiger partial charge < -0.3 is 10.6 Å². The Kier molecular flexibility index (Phi) is 3.78. The number of carbonyl (C=O) groups is 1. The Balaban J connectivity index is 2.32. The van der Waals surface area contributed by atoms with E-state index in [4.69, 9.17) is 5.73 Å². The molecule has 0 saturated carbocycles. The van der Waals surface area contributed by atoms with Crippen molar-refractivity contribution >= 4 is 11.6 Å². The highest BCUT2D eigenvalue weighted by Crippen LogP contribution is 2.55. The maximum Gasteiger partial charge on any atom is 0.404 e. The number of nitrogens with zero attached hydrogens (tertiary/aromatic N) is 1. The molecule has 1 amide bonds. The van der Waals surface area contributed by atoms with E-state index in [0.717, 1.165) is 0 Å². The largest absolute Gasteiger partial charge is 0.404 e.